The van der Waals surface area contributed by atoms with Gasteiger partial charge in [0.1, 0.15) is 6.04 Å². The van der Waals surface area contributed by atoms with Gasteiger partial charge in [-0.2, -0.15) is 0 Å². The van der Waals surface area contributed by atoms with Crippen molar-refractivity contribution in [3.8, 4) is 0 Å². The predicted molar refractivity (Wildman–Crippen MR) is 66.3 cm³/mol. The fraction of sp³-hybridized carbons (Fsp3) is 0.833. The van der Waals surface area contributed by atoms with E-state index in [1.165, 1.54) is 0 Å². The van der Waals surface area contributed by atoms with Crippen molar-refractivity contribution in [1.82, 2.24) is 5.32 Å². The lowest BCUT2D eigenvalue weighted by molar-refractivity contribution is -0.152. The Bertz CT molecular complexity index is 252. The Morgan fingerprint density at radius 2 is 1.82 bits per heavy atom. The van der Waals surface area contributed by atoms with Gasteiger partial charge in [0.15, 0.2) is 0 Å². The first-order valence-corrected chi connectivity index (χ1v) is 6.06. The number of carbonyl (C=O) groups is 2. The van der Waals surface area contributed by atoms with Crippen LogP contribution < -0.4 is 11.1 Å². The number of hydrogen-bond donors (Lipinski definition) is 2. The van der Waals surface area contributed by atoms with Crippen LogP contribution in [0, 0.1) is 5.92 Å². The largest absolute Gasteiger partial charge is 0.461 e. The third-order valence-electron chi connectivity index (χ3n) is 2.05. The first-order valence-electron chi connectivity index (χ1n) is 6.06. The fourth-order valence-corrected chi connectivity index (χ4v) is 1.40. The van der Waals surface area contributed by atoms with Gasteiger partial charge < -0.3 is 15.8 Å². The molecule has 17 heavy (non-hydrogen) atoms. The van der Waals surface area contributed by atoms with E-state index in [4.69, 9.17) is 10.5 Å². The molecule has 0 rings (SSSR count). The van der Waals surface area contributed by atoms with Gasteiger partial charge in [0.05, 0.1) is 6.10 Å². The van der Waals surface area contributed by atoms with Crippen LogP contribution in [-0.2, 0) is 14.3 Å². The molecule has 0 radical (unpaired) electrons. The van der Waals surface area contributed by atoms with Crippen LogP contribution in [0.3, 0.4) is 0 Å². The Hall–Kier alpha value is -1.10. The molecule has 0 aliphatic carbocycles. The zero-order valence-electron chi connectivity index (χ0n) is 11.2. The van der Waals surface area contributed by atoms with Crippen molar-refractivity contribution in [2.45, 2.75) is 52.7 Å². The lowest BCUT2D eigenvalue weighted by Crippen LogP contribution is -2.43. The van der Waals surface area contributed by atoms with Gasteiger partial charge >= 0.3 is 5.97 Å². The molecular formula is C12H24N2O3. The van der Waals surface area contributed by atoms with E-state index in [-0.39, 0.29) is 30.9 Å². The highest BCUT2D eigenvalue weighted by Gasteiger charge is 2.23. The van der Waals surface area contributed by atoms with Gasteiger partial charge in [-0.1, -0.05) is 13.8 Å². The van der Waals surface area contributed by atoms with Crippen molar-refractivity contribution in [3.63, 3.8) is 0 Å². The summed E-state index contributed by atoms with van der Waals surface area (Å²) in [5.74, 6) is -0.282. The van der Waals surface area contributed by atoms with Crippen LogP contribution in [0.2, 0.25) is 0 Å². The predicted octanol–water partition coefficient (Wildman–Crippen LogP) is 0.818. The van der Waals surface area contributed by atoms with Gasteiger partial charge in [0.2, 0.25) is 5.91 Å². The molecule has 5 nitrogen and oxygen atoms in total. The minimum absolute atomic E-state index is 0.177. The van der Waals surface area contributed by atoms with E-state index in [2.05, 4.69) is 5.32 Å². The maximum Gasteiger partial charge on any atom is 0.328 e. The van der Waals surface area contributed by atoms with Crippen molar-refractivity contribution in [1.29, 1.82) is 0 Å². The minimum atomic E-state index is -0.573. The van der Waals surface area contributed by atoms with E-state index < -0.39 is 6.04 Å². The molecule has 1 amide bonds. The molecular weight excluding hydrogens is 220 g/mol. The van der Waals surface area contributed by atoms with E-state index in [1.807, 2.05) is 13.8 Å². The number of esters is 1. The summed E-state index contributed by atoms with van der Waals surface area (Å²) < 4.78 is 5.11. The quantitative estimate of drug-likeness (QED) is 0.650. The monoisotopic (exact) mass is 244 g/mol. The Kier molecular flexibility index (Phi) is 7.54. The first kappa shape index (κ1) is 15.9. The summed E-state index contributed by atoms with van der Waals surface area (Å²) >= 11 is 0. The van der Waals surface area contributed by atoms with Crippen LogP contribution in [0.1, 0.15) is 40.5 Å². The molecule has 100 valence electrons. The Morgan fingerprint density at radius 1 is 1.24 bits per heavy atom. The molecule has 0 unspecified atom stereocenters. The van der Waals surface area contributed by atoms with Crippen LogP contribution in [-0.4, -0.2) is 30.6 Å². The Balaban J connectivity index is 4.41. The molecule has 0 spiro atoms. The van der Waals surface area contributed by atoms with E-state index in [1.54, 1.807) is 13.8 Å². The molecule has 0 aromatic rings. The van der Waals surface area contributed by atoms with Crippen LogP contribution in [0.25, 0.3) is 0 Å². The highest BCUT2D eigenvalue weighted by atomic mass is 16.5. The lowest BCUT2D eigenvalue weighted by atomic mass is 10.0. The average Bonchev–Trinajstić information content (AvgIpc) is 2.15. The minimum Gasteiger partial charge on any atom is -0.461 e. The molecule has 0 saturated heterocycles. The molecule has 0 heterocycles. The molecule has 3 N–H and O–H groups in total. The average molecular weight is 244 g/mol. The molecule has 5 heteroatoms. The summed E-state index contributed by atoms with van der Waals surface area (Å²) in [7, 11) is 0. The van der Waals surface area contributed by atoms with Gasteiger partial charge in [-0.15, -0.1) is 0 Å². The fourth-order valence-electron chi connectivity index (χ4n) is 1.40. The van der Waals surface area contributed by atoms with Crippen molar-refractivity contribution < 1.29 is 14.3 Å². The number of ether oxygens (including phenoxy) is 1. The van der Waals surface area contributed by atoms with E-state index in [0.717, 1.165) is 0 Å². The van der Waals surface area contributed by atoms with Crippen molar-refractivity contribution in [2.75, 3.05) is 6.54 Å². The Labute approximate surface area is 103 Å². The second kappa shape index (κ2) is 8.06. The Morgan fingerprint density at radius 3 is 2.24 bits per heavy atom. The van der Waals surface area contributed by atoms with E-state index in [0.29, 0.717) is 12.3 Å². The van der Waals surface area contributed by atoms with Crippen LogP contribution in [0.5, 0.6) is 0 Å². The number of hydrogen-bond acceptors (Lipinski definition) is 4. The van der Waals surface area contributed by atoms with E-state index in [9.17, 15) is 9.59 Å². The lowest BCUT2D eigenvalue weighted by Gasteiger charge is -2.20. The zero-order valence-corrected chi connectivity index (χ0v) is 11.2. The number of nitrogens with one attached hydrogen (secondary N) is 1. The van der Waals surface area contributed by atoms with Gasteiger partial charge in [-0.25, -0.2) is 4.79 Å². The second-order valence-corrected chi connectivity index (χ2v) is 4.77. The third-order valence-corrected chi connectivity index (χ3v) is 2.05. The standard InChI is InChI=1S/C12H24N2O3/c1-8(2)7-10(12(16)17-9(3)4)14-11(15)5-6-13/h8-10H,5-7,13H2,1-4H3,(H,14,15)/t10-/m0/s1. The maximum absolute atomic E-state index is 11.8. The summed E-state index contributed by atoms with van der Waals surface area (Å²) in [6.07, 6.45) is 0.620. The number of carbonyl (C=O) groups excluding carboxylic acids is 2. The van der Waals surface area contributed by atoms with Gasteiger partial charge in [0, 0.05) is 13.0 Å². The number of rotatable bonds is 7. The first-order chi connectivity index (χ1) is 7.86. The summed E-state index contributed by atoms with van der Waals surface area (Å²) in [6, 6.07) is -0.573. The molecule has 0 aliphatic heterocycles. The molecule has 0 aromatic carbocycles. The smallest absolute Gasteiger partial charge is 0.328 e. The van der Waals surface area contributed by atoms with E-state index >= 15 is 0 Å². The van der Waals surface area contributed by atoms with Gasteiger partial charge in [0.25, 0.3) is 0 Å². The van der Waals surface area contributed by atoms with Gasteiger partial charge in [-0.05, 0) is 26.2 Å². The normalized spacial score (nSPS) is 12.6. The van der Waals surface area contributed by atoms with Crippen molar-refractivity contribution in [2.24, 2.45) is 11.7 Å². The summed E-state index contributed by atoms with van der Waals surface area (Å²) in [4.78, 5) is 23.2. The molecule has 0 fully saturated rings. The van der Waals surface area contributed by atoms with Crippen LogP contribution in [0.15, 0.2) is 0 Å². The topological polar surface area (TPSA) is 81.4 Å². The zero-order chi connectivity index (χ0) is 13.4. The highest BCUT2D eigenvalue weighted by molar-refractivity contribution is 5.84. The van der Waals surface area contributed by atoms with Gasteiger partial charge in [-0.3, -0.25) is 4.79 Å². The molecule has 1 atom stereocenters. The van der Waals surface area contributed by atoms with Crippen molar-refractivity contribution >= 4 is 11.9 Å². The van der Waals surface area contributed by atoms with Crippen LogP contribution >= 0.6 is 0 Å². The second-order valence-electron chi connectivity index (χ2n) is 4.77. The molecule has 0 bridgehead atoms. The van der Waals surface area contributed by atoms with Crippen LogP contribution in [0.4, 0.5) is 0 Å². The summed E-state index contributed by atoms with van der Waals surface area (Å²) in [6.45, 7) is 7.83. The summed E-state index contributed by atoms with van der Waals surface area (Å²) in [5.41, 5.74) is 5.29. The van der Waals surface area contributed by atoms with Crippen molar-refractivity contribution in [3.05, 3.63) is 0 Å². The SMILES string of the molecule is CC(C)C[C@H](NC(=O)CCN)C(=O)OC(C)C. The highest BCUT2D eigenvalue weighted by Crippen LogP contribution is 2.08. The molecule has 0 saturated carbocycles. The number of nitrogens with two attached hydrogens (primary N) is 1. The molecule has 0 aliphatic rings. The third kappa shape index (κ3) is 7.74. The summed E-state index contributed by atoms with van der Waals surface area (Å²) in [5, 5.41) is 2.66. The molecule has 0 aromatic heterocycles. The maximum atomic E-state index is 11.8. The number of amides is 1.